The van der Waals surface area contributed by atoms with Gasteiger partial charge in [0.2, 0.25) is 0 Å². The number of nitrogens with one attached hydrogen (secondary N) is 2. The molecule has 3 rings (SSSR count). The topological polar surface area (TPSA) is 96.7 Å². The Morgan fingerprint density at radius 3 is 2.95 bits per heavy atom. The standard InChI is InChI=1S/C14H13N5O/c15-13-10(8-18-19-13)7-17-14(20)11-5-1-3-9-4-2-6-16-12(9)11/h1-6,8H,7H2,(H,17,20)(H3,15,18,19). The van der Waals surface area contributed by atoms with Gasteiger partial charge in [0.1, 0.15) is 5.82 Å². The first-order valence-corrected chi connectivity index (χ1v) is 6.15. The zero-order chi connectivity index (χ0) is 13.9. The van der Waals surface area contributed by atoms with E-state index in [0.29, 0.717) is 23.4 Å². The molecule has 2 aromatic heterocycles. The van der Waals surface area contributed by atoms with Crippen molar-refractivity contribution in [3.05, 3.63) is 53.9 Å². The number of hydrogen-bond donors (Lipinski definition) is 3. The van der Waals surface area contributed by atoms with E-state index in [9.17, 15) is 4.79 Å². The van der Waals surface area contributed by atoms with E-state index in [1.165, 1.54) is 0 Å². The lowest BCUT2D eigenvalue weighted by molar-refractivity contribution is 0.0952. The maximum atomic E-state index is 12.2. The second kappa shape index (κ2) is 5.00. The molecule has 0 aliphatic carbocycles. The minimum absolute atomic E-state index is 0.185. The fraction of sp³-hybridized carbons (Fsp3) is 0.0714. The number of nitrogens with two attached hydrogens (primary N) is 1. The average molecular weight is 267 g/mol. The molecule has 0 bridgehead atoms. The van der Waals surface area contributed by atoms with E-state index in [2.05, 4.69) is 20.5 Å². The SMILES string of the molecule is Nc1[nH]ncc1CNC(=O)c1cccc2cccnc12. The summed E-state index contributed by atoms with van der Waals surface area (Å²) in [5.74, 6) is 0.274. The van der Waals surface area contributed by atoms with Gasteiger partial charge in [0.15, 0.2) is 0 Å². The van der Waals surface area contributed by atoms with E-state index in [1.54, 1.807) is 18.5 Å². The van der Waals surface area contributed by atoms with Gasteiger partial charge < -0.3 is 11.1 Å². The molecule has 0 saturated heterocycles. The molecule has 0 fully saturated rings. The van der Waals surface area contributed by atoms with Crippen molar-refractivity contribution in [2.75, 3.05) is 5.73 Å². The number of pyridine rings is 1. The van der Waals surface area contributed by atoms with E-state index in [-0.39, 0.29) is 5.91 Å². The number of amides is 1. The molecule has 0 spiro atoms. The first kappa shape index (κ1) is 12.2. The van der Waals surface area contributed by atoms with Crippen molar-refractivity contribution >= 4 is 22.6 Å². The predicted octanol–water partition coefficient (Wildman–Crippen LogP) is 1.47. The number of aromatic amines is 1. The Hall–Kier alpha value is -2.89. The van der Waals surface area contributed by atoms with Crippen molar-refractivity contribution in [3.8, 4) is 0 Å². The smallest absolute Gasteiger partial charge is 0.253 e. The third kappa shape index (κ3) is 2.18. The quantitative estimate of drug-likeness (QED) is 0.669. The highest BCUT2D eigenvalue weighted by atomic mass is 16.1. The number of rotatable bonds is 3. The van der Waals surface area contributed by atoms with Crippen molar-refractivity contribution in [3.63, 3.8) is 0 Å². The monoisotopic (exact) mass is 267 g/mol. The van der Waals surface area contributed by atoms with Gasteiger partial charge in [0.05, 0.1) is 17.3 Å². The predicted molar refractivity (Wildman–Crippen MR) is 75.9 cm³/mol. The van der Waals surface area contributed by atoms with Crippen LogP contribution < -0.4 is 11.1 Å². The minimum Gasteiger partial charge on any atom is -0.384 e. The summed E-state index contributed by atoms with van der Waals surface area (Å²) in [7, 11) is 0. The number of para-hydroxylation sites is 1. The molecule has 0 radical (unpaired) electrons. The van der Waals surface area contributed by atoms with Gasteiger partial charge in [-0.3, -0.25) is 14.9 Å². The van der Waals surface area contributed by atoms with Gasteiger partial charge in [-0.05, 0) is 12.1 Å². The van der Waals surface area contributed by atoms with Crippen LogP contribution in [0.5, 0.6) is 0 Å². The van der Waals surface area contributed by atoms with Crippen LogP contribution >= 0.6 is 0 Å². The molecule has 6 nitrogen and oxygen atoms in total. The second-order valence-electron chi connectivity index (χ2n) is 4.37. The van der Waals surface area contributed by atoms with Crippen molar-refractivity contribution in [2.24, 2.45) is 0 Å². The highest BCUT2D eigenvalue weighted by Crippen LogP contribution is 2.16. The fourth-order valence-corrected chi connectivity index (χ4v) is 2.02. The molecule has 6 heteroatoms. The van der Waals surface area contributed by atoms with Crippen LogP contribution in [-0.4, -0.2) is 21.1 Å². The minimum atomic E-state index is -0.185. The van der Waals surface area contributed by atoms with Crippen LogP contribution in [0.3, 0.4) is 0 Å². The van der Waals surface area contributed by atoms with Gasteiger partial charge >= 0.3 is 0 Å². The summed E-state index contributed by atoms with van der Waals surface area (Å²) in [6.45, 7) is 0.324. The molecular formula is C14H13N5O. The van der Waals surface area contributed by atoms with E-state index in [0.717, 1.165) is 10.9 Å². The Bertz CT molecular complexity index is 760. The van der Waals surface area contributed by atoms with Crippen LogP contribution in [0.25, 0.3) is 10.9 Å². The molecule has 100 valence electrons. The summed E-state index contributed by atoms with van der Waals surface area (Å²) < 4.78 is 0. The normalized spacial score (nSPS) is 10.6. The largest absolute Gasteiger partial charge is 0.384 e. The Balaban J connectivity index is 1.84. The Kier molecular flexibility index (Phi) is 3.04. The lowest BCUT2D eigenvalue weighted by Crippen LogP contribution is -2.23. The molecule has 0 atom stereocenters. The summed E-state index contributed by atoms with van der Waals surface area (Å²) in [6, 6.07) is 9.28. The third-order valence-corrected chi connectivity index (χ3v) is 3.07. The number of benzene rings is 1. The number of carbonyl (C=O) groups excluding carboxylic acids is 1. The Morgan fingerprint density at radius 1 is 1.30 bits per heavy atom. The molecule has 1 aromatic carbocycles. The van der Waals surface area contributed by atoms with Gasteiger partial charge in [-0.1, -0.05) is 18.2 Å². The molecular weight excluding hydrogens is 254 g/mol. The fourth-order valence-electron chi connectivity index (χ4n) is 2.02. The molecule has 20 heavy (non-hydrogen) atoms. The van der Waals surface area contributed by atoms with Gasteiger partial charge in [0, 0.05) is 23.7 Å². The van der Waals surface area contributed by atoms with Gasteiger partial charge in [-0.25, -0.2) is 0 Å². The van der Waals surface area contributed by atoms with Crippen molar-refractivity contribution in [1.82, 2.24) is 20.5 Å². The second-order valence-corrected chi connectivity index (χ2v) is 4.37. The van der Waals surface area contributed by atoms with Gasteiger partial charge in [-0.2, -0.15) is 5.10 Å². The molecule has 0 unspecified atom stereocenters. The van der Waals surface area contributed by atoms with Gasteiger partial charge in [0.25, 0.3) is 5.91 Å². The van der Waals surface area contributed by atoms with Crippen molar-refractivity contribution in [1.29, 1.82) is 0 Å². The van der Waals surface area contributed by atoms with Crippen LogP contribution in [-0.2, 0) is 6.54 Å². The molecule has 4 N–H and O–H groups in total. The zero-order valence-corrected chi connectivity index (χ0v) is 10.6. The van der Waals surface area contributed by atoms with Crippen LogP contribution in [0.1, 0.15) is 15.9 Å². The van der Waals surface area contributed by atoms with E-state index in [4.69, 9.17) is 5.73 Å². The third-order valence-electron chi connectivity index (χ3n) is 3.07. The number of aromatic nitrogens is 3. The van der Waals surface area contributed by atoms with Crippen molar-refractivity contribution < 1.29 is 4.79 Å². The Morgan fingerprint density at radius 2 is 2.15 bits per heavy atom. The summed E-state index contributed by atoms with van der Waals surface area (Å²) in [6.07, 6.45) is 3.27. The number of H-pyrrole nitrogens is 1. The van der Waals surface area contributed by atoms with Crippen LogP contribution in [0, 0.1) is 0 Å². The number of fused-ring (bicyclic) bond motifs is 1. The summed E-state index contributed by atoms with van der Waals surface area (Å²) in [5.41, 5.74) is 7.66. The maximum absolute atomic E-state index is 12.2. The highest BCUT2D eigenvalue weighted by Gasteiger charge is 2.11. The molecule has 3 aromatic rings. The first-order chi connectivity index (χ1) is 9.75. The number of nitrogens with zero attached hydrogens (tertiary/aromatic N) is 2. The first-order valence-electron chi connectivity index (χ1n) is 6.15. The van der Waals surface area contributed by atoms with Crippen molar-refractivity contribution in [2.45, 2.75) is 6.54 Å². The number of carbonyl (C=O) groups is 1. The molecule has 0 aliphatic heterocycles. The van der Waals surface area contributed by atoms with E-state index in [1.807, 2.05) is 24.3 Å². The summed E-state index contributed by atoms with van der Waals surface area (Å²) in [4.78, 5) is 16.5. The van der Waals surface area contributed by atoms with E-state index < -0.39 is 0 Å². The van der Waals surface area contributed by atoms with E-state index >= 15 is 0 Å². The number of nitrogen functional groups attached to an aromatic ring is 1. The summed E-state index contributed by atoms with van der Waals surface area (Å²) >= 11 is 0. The van der Waals surface area contributed by atoms with Crippen LogP contribution in [0.2, 0.25) is 0 Å². The van der Waals surface area contributed by atoms with Crippen LogP contribution in [0.4, 0.5) is 5.82 Å². The molecule has 2 heterocycles. The number of hydrogen-bond acceptors (Lipinski definition) is 4. The maximum Gasteiger partial charge on any atom is 0.253 e. The Labute approximate surface area is 115 Å². The van der Waals surface area contributed by atoms with Crippen LogP contribution in [0.15, 0.2) is 42.7 Å². The number of anilines is 1. The van der Waals surface area contributed by atoms with Gasteiger partial charge in [-0.15, -0.1) is 0 Å². The molecule has 0 saturated carbocycles. The average Bonchev–Trinajstić information content (AvgIpc) is 2.89. The lowest BCUT2D eigenvalue weighted by atomic mass is 10.1. The molecule has 1 amide bonds. The zero-order valence-electron chi connectivity index (χ0n) is 10.6. The molecule has 0 aliphatic rings. The summed E-state index contributed by atoms with van der Waals surface area (Å²) in [5, 5.41) is 10.2. The highest BCUT2D eigenvalue weighted by molar-refractivity contribution is 6.05. The lowest BCUT2D eigenvalue weighted by Gasteiger charge is -2.06.